The SMILES string of the molecule is CC(C)OC(=O)N1Cc2cc(Cl)ccc2-n2c(C3CCN(c4ccncn4)CC3)nnc2C1C. The number of benzene rings is 1. The van der Waals surface area contributed by atoms with E-state index in [9.17, 15) is 4.79 Å². The van der Waals surface area contributed by atoms with Crippen LogP contribution in [0.1, 0.15) is 62.8 Å². The molecule has 1 unspecified atom stereocenters. The van der Waals surface area contributed by atoms with Gasteiger partial charge in [0.2, 0.25) is 0 Å². The normalized spacial score (nSPS) is 18.4. The van der Waals surface area contributed by atoms with Gasteiger partial charge in [-0.25, -0.2) is 14.8 Å². The largest absolute Gasteiger partial charge is 0.447 e. The third-order valence-electron chi connectivity index (χ3n) is 6.50. The highest BCUT2D eigenvalue weighted by Crippen LogP contribution is 2.37. The van der Waals surface area contributed by atoms with Crippen LogP contribution in [-0.4, -0.2) is 54.9 Å². The van der Waals surface area contributed by atoms with Crippen LogP contribution in [0.25, 0.3) is 5.69 Å². The molecule has 1 saturated heterocycles. The number of carbonyl (C=O) groups is 1. The summed E-state index contributed by atoms with van der Waals surface area (Å²) in [6, 6.07) is 7.41. The fraction of sp³-hybridized carbons (Fsp3) is 0.458. The van der Waals surface area contributed by atoms with Crippen molar-refractivity contribution in [1.29, 1.82) is 0 Å². The van der Waals surface area contributed by atoms with E-state index in [1.807, 2.05) is 45.0 Å². The molecular weight excluding hydrogens is 454 g/mol. The Morgan fingerprint density at radius 3 is 2.62 bits per heavy atom. The topological polar surface area (TPSA) is 89.3 Å². The van der Waals surface area contributed by atoms with Crippen molar-refractivity contribution in [3.8, 4) is 5.69 Å². The molecule has 1 fully saturated rings. The Kier molecular flexibility index (Phi) is 6.12. The van der Waals surface area contributed by atoms with Crippen LogP contribution in [0.5, 0.6) is 0 Å². The lowest BCUT2D eigenvalue weighted by molar-refractivity contribution is 0.0618. The van der Waals surface area contributed by atoms with Crippen molar-refractivity contribution in [1.82, 2.24) is 29.6 Å². The van der Waals surface area contributed by atoms with Gasteiger partial charge in [0, 0.05) is 30.2 Å². The van der Waals surface area contributed by atoms with Crippen LogP contribution in [-0.2, 0) is 11.3 Å². The number of halogens is 1. The van der Waals surface area contributed by atoms with Crippen molar-refractivity contribution in [2.24, 2.45) is 0 Å². The van der Waals surface area contributed by atoms with Gasteiger partial charge >= 0.3 is 6.09 Å². The van der Waals surface area contributed by atoms with E-state index in [2.05, 4.69) is 29.6 Å². The molecule has 1 amide bonds. The van der Waals surface area contributed by atoms with E-state index < -0.39 is 0 Å². The van der Waals surface area contributed by atoms with Gasteiger partial charge in [0.05, 0.1) is 24.4 Å². The minimum atomic E-state index is -0.371. The molecule has 178 valence electrons. The molecule has 0 aliphatic carbocycles. The standard InChI is InChI=1S/C24H28ClN7O2/c1-15(2)34-24(33)31-13-18-12-19(25)4-5-20(18)32-22(16(31)3)28-29-23(32)17-7-10-30(11-8-17)21-6-9-26-14-27-21/h4-6,9,12,14-17H,7-8,10-11,13H2,1-3H3. The van der Waals surface area contributed by atoms with Crippen LogP contribution in [0, 0.1) is 0 Å². The third kappa shape index (κ3) is 4.20. The van der Waals surface area contributed by atoms with E-state index in [4.69, 9.17) is 16.3 Å². The van der Waals surface area contributed by atoms with Crippen LogP contribution >= 0.6 is 11.6 Å². The van der Waals surface area contributed by atoms with E-state index in [1.54, 1.807) is 17.4 Å². The molecule has 0 bridgehead atoms. The molecule has 0 saturated carbocycles. The zero-order valence-corrected chi connectivity index (χ0v) is 20.3. The molecule has 10 heteroatoms. The molecule has 2 aromatic heterocycles. The van der Waals surface area contributed by atoms with Crippen molar-refractivity contribution in [2.45, 2.75) is 58.2 Å². The number of piperidine rings is 1. The molecule has 5 rings (SSSR count). The quantitative estimate of drug-likeness (QED) is 0.543. The van der Waals surface area contributed by atoms with Crippen molar-refractivity contribution in [3.63, 3.8) is 0 Å². The van der Waals surface area contributed by atoms with Crippen molar-refractivity contribution >= 4 is 23.5 Å². The molecule has 2 aliphatic heterocycles. The number of carbonyl (C=O) groups excluding carboxylic acids is 1. The lowest BCUT2D eigenvalue weighted by Crippen LogP contribution is -2.35. The summed E-state index contributed by atoms with van der Waals surface area (Å²) in [5, 5.41) is 9.85. The molecule has 0 spiro atoms. The van der Waals surface area contributed by atoms with Gasteiger partial charge in [-0.2, -0.15) is 0 Å². The Hall–Kier alpha value is -3.20. The van der Waals surface area contributed by atoms with Crippen LogP contribution in [0.4, 0.5) is 10.6 Å². The van der Waals surface area contributed by atoms with Gasteiger partial charge in [0.1, 0.15) is 18.0 Å². The Bertz CT molecular complexity index is 1180. The van der Waals surface area contributed by atoms with Gasteiger partial charge in [-0.1, -0.05) is 11.6 Å². The maximum atomic E-state index is 13.0. The maximum absolute atomic E-state index is 13.0. The second-order valence-corrected chi connectivity index (χ2v) is 9.53. The van der Waals surface area contributed by atoms with Crippen molar-refractivity contribution in [2.75, 3.05) is 18.0 Å². The number of anilines is 1. The Morgan fingerprint density at radius 1 is 1.15 bits per heavy atom. The summed E-state index contributed by atoms with van der Waals surface area (Å²) in [6.45, 7) is 7.80. The second kappa shape index (κ2) is 9.21. The molecule has 1 atom stereocenters. The number of rotatable bonds is 3. The monoisotopic (exact) mass is 481 g/mol. The number of hydrogen-bond acceptors (Lipinski definition) is 7. The predicted octanol–water partition coefficient (Wildman–Crippen LogP) is 4.52. The molecule has 3 aromatic rings. The summed E-state index contributed by atoms with van der Waals surface area (Å²) in [6.07, 6.45) is 4.63. The summed E-state index contributed by atoms with van der Waals surface area (Å²) in [4.78, 5) is 25.3. The van der Waals surface area contributed by atoms with Gasteiger partial charge in [-0.3, -0.25) is 9.47 Å². The number of amides is 1. The smallest absolute Gasteiger partial charge is 0.410 e. The highest BCUT2D eigenvalue weighted by molar-refractivity contribution is 6.30. The van der Waals surface area contributed by atoms with Crippen LogP contribution in [0.2, 0.25) is 5.02 Å². The lowest BCUT2D eigenvalue weighted by Gasteiger charge is -2.32. The molecule has 1 aromatic carbocycles. The lowest BCUT2D eigenvalue weighted by atomic mass is 9.95. The number of nitrogens with zero attached hydrogens (tertiary/aromatic N) is 7. The van der Waals surface area contributed by atoms with Gasteiger partial charge in [0.25, 0.3) is 0 Å². The number of aromatic nitrogens is 5. The molecule has 2 aliphatic rings. The second-order valence-electron chi connectivity index (χ2n) is 9.09. The number of ether oxygens (including phenoxy) is 1. The third-order valence-corrected chi connectivity index (χ3v) is 6.73. The molecule has 0 N–H and O–H groups in total. The fourth-order valence-electron chi connectivity index (χ4n) is 4.78. The summed E-state index contributed by atoms with van der Waals surface area (Å²) >= 11 is 6.35. The summed E-state index contributed by atoms with van der Waals surface area (Å²) in [5.41, 5.74) is 1.91. The minimum absolute atomic E-state index is 0.213. The van der Waals surface area contributed by atoms with E-state index in [1.165, 1.54) is 0 Å². The highest BCUT2D eigenvalue weighted by atomic mass is 35.5. The first-order valence-electron chi connectivity index (χ1n) is 11.6. The highest BCUT2D eigenvalue weighted by Gasteiger charge is 2.35. The number of fused-ring (bicyclic) bond motifs is 3. The van der Waals surface area contributed by atoms with Crippen molar-refractivity contribution < 1.29 is 9.53 Å². The first-order chi connectivity index (χ1) is 16.4. The fourth-order valence-corrected chi connectivity index (χ4v) is 4.97. The van der Waals surface area contributed by atoms with E-state index >= 15 is 0 Å². The van der Waals surface area contributed by atoms with Crippen LogP contribution in [0.3, 0.4) is 0 Å². The first-order valence-corrected chi connectivity index (χ1v) is 12.0. The molecule has 34 heavy (non-hydrogen) atoms. The van der Waals surface area contributed by atoms with E-state index in [0.717, 1.165) is 54.6 Å². The molecule has 4 heterocycles. The van der Waals surface area contributed by atoms with Gasteiger partial charge in [-0.15, -0.1) is 10.2 Å². The minimum Gasteiger partial charge on any atom is -0.447 e. The summed E-state index contributed by atoms with van der Waals surface area (Å²) in [5.74, 6) is 2.84. The van der Waals surface area contributed by atoms with Gasteiger partial charge < -0.3 is 9.64 Å². The van der Waals surface area contributed by atoms with Crippen LogP contribution < -0.4 is 4.90 Å². The molecule has 0 radical (unpaired) electrons. The van der Waals surface area contributed by atoms with Gasteiger partial charge in [-0.05, 0) is 63.4 Å². The average molecular weight is 482 g/mol. The average Bonchev–Trinajstić information content (AvgIpc) is 3.22. The zero-order chi connectivity index (χ0) is 23.8. The van der Waals surface area contributed by atoms with E-state index in [0.29, 0.717) is 11.6 Å². The van der Waals surface area contributed by atoms with E-state index in [-0.39, 0.29) is 24.2 Å². The Balaban J connectivity index is 1.49. The van der Waals surface area contributed by atoms with Gasteiger partial charge in [0.15, 0.2) is 5.82 Å². The summed E-state index contributed by atoms with van der Waals surface area (Å²) < 4.78 is 7.66. The Morgan fingerprint density at radius 2 is 1.91 bits per heavy atom. The molecule has 9 nitrogen and oxygen atoms in total. The van der Waals surface area contributed by atoms with Crippen molar-refractivity contribution in [3.05, 3.63) is 59.0 Å². The molecular formula is C24H28ClN7O2. The zero-order valence-electron chi connectivity index (χ0n) is 19.6. The van der Waals surface area contributed by atoms with Crippen LogP contribution in [0.15, 0.2) is 36.8 Å². The first kappa shape index (κ1) is 22.6. The number of hydrogen-bond donors (Lipinski definition) is 0. The predicted molar refractivity (Wildman–Crippen MR) is 128 cm³/mol. The Labute approximate surface area is 203 Å². The summed E-state index contributed by atoms with van der Waals surface area (Å²) in [7, 11) is 0. The maximum Gasteiger partial charge on any atom is 0.410 e.